The predicted molar refractivity (Wildman–Crippen MR) is 127 cm³/mol. The lowest BCUT2D eigenvalue weighted by atomic mass is 10.1. The van der Waals surface area contributed by atoms with Crippen LogP contribution in [0.15, 0.2) is 18.2 Å². The normalized spacial score (nSPS) is 13.5. The summed E-state index contributed by atoms with van der Waals surface area (Å²) in [6.45, 7) is 10.6. The van der Waals surface area contributed by atoms with E-state index in [9.17, 15) is 19.2 Å². The molecule has 0 saturated carbocycles. The second kappa shape index (κ2) is 14.3. The molecule has 1 aromatic carbocycles. The van der Waals surface area contributed by atoms with Crippen molar-refractivity contribution in [3.05, 3.63) is 23.8 Å². The van der Waals surface area contributed by atoms with Gasteiger partial charge < -0.3 is 29.4 Å². The Morgan fingerprint density at radius 1 is 0.800 bits per heavy atom. The summed E-state index contributed by atoms with van der Waals surface area (Å²) in [4.78, 5) is 48.1. The standard InChI is InChI=1S/C25H37NO9/c1-14(2)10-22(27)34-20-9-8-18(13-21(20)35-23(28)11-15(3)4)12-19(26)24(29)32-16(5)17(6)33-25(30)31-7/h8-9,13-17,19H,10-12,26H2,1-7H3/t16-,17?,19-/m0/s1. The van der Waals surface area contributed by atoms with Crippen LogP contribution in [0.5, 0.6) is 11.5 Å². The highest BCUT2D eigenvalue weighted by atomic mass is 16.7. The Morgan fingerprint density at radius 2 is 1.31 bits per heavy atom. The zero-order valence-corrected chi connectivity index (χ0v) is 21.5. The van der Waals surface area contributed by atoms with Crippen LogP contribution in [0.2, 0.25) is 0 Å². The van der Waals surface area contributed by atoms with Gasteiger partial charge >= 0.3 is 24.1 Å². The Balaban J connectivity index is 2.95. The highest BCUT2D eigenvalue weighted by Crippen LogP contribution is 2.30. The Bertz CT molecular complexity index is 882. The van der Waals surface area contributed by atoms with Crippen LogP contribution < -0.4 is 15.2 Å². The van der Waals surface area contributed by atoms with Crippen molar-refractivity contribution in [1.82, 2.24) is 0 Å². The number of hydrogen-bond donors (Lipinski definition) is 1. The number of nitrogens with two attached hydrogens (primary N) is 1. The Hall–Kier alpha value is -3.14. The lowest BCUT2D eigenvalue weighted by Gasteiger charge is -2.22. The average Bonchev–Trinajstić information content (AvgIpc) is 2.73. The summed E-state index contributed by atoms with van der Waals surface area (Å²) in [6, 6.07) is 3.59. The molecular weight excluding hydrogens is 458 g/mol. The SMILES string of the molecule is COC(=O)OC(C)[C@H](C)OC(=O)[C@@H](N)Cc1ccc(OC(=O)CC(C)C)c(OC(=O)CC(C)C)c1. The third-order valence-corrected chi connectivity index (χ3v) is 4.78. The largest absolute Gasteiger partial charge is 0.508 e. The van der Waals surface area contributed by atoms with Crippen molar-refractivity contribution in [2.45, 2.75) is 79.1 Å². The van der Waals surface area contributed by atoms with Crippen molar-refractivity contribution in [3.8, 4) is 11.5 Å². The van der Waals surface area contributed by atoms with Gasteiger partial charge in [-0.3, -0.25) is 14.4 Å². The van der Waals surface area contributed by atoms with E-state index in [1.807, 2.05) is 27.7 Å². The molecule has 0 heterocycles. The van der Waals surface area contributed by atoms with Crippen LogP contribution in [-0.4, -0.2) is 49.4 Å². The van der Waals surface area contributed by atoms with Gasteiger partial charge in [0.05, 0.1) is 7.11 Å². The topological polar surface area (TPSA) is 140 Å². The summed E-state index contributed by atoms with van der Waals surface area (Å²) in [5, 5.41) is 0. The molecule has 0 spiro atoms. The first-order valence-electron chi connectivity index (χ1n) is 11.6. The lowest BCUT2D eigenvalue weighted by Crippen LogP contribution is -2.39. The molecule has 1 rings (SSSR count). The Labute approximate surface area is 206 Å². The van der Waals surface area contributed by atoms with E-state index < -0.39 is 42.3 Å². The van der Waals surface area contributed by atoms with E-state index in [-0.39, 0.29) is 42.6 Å². The first-order chi connectivity index (χ1) is 16.3. The summed E-state index contributed by atoms with van der Waals surface area (Å²) < 4.78 is 25.5. The monoisotopic (exact) mass is 495 g/mol. The van der Waals surface area contributed by atoms with Crippen molar-refractivity contribution in [3.63, 3.8) is 0 Å². The number of benzene rings is 1. The molecule has 3 atom stereocenters. The predicted octanol–water partition coefficient (Wildman–Crippen LogP) is 3.56. The van der Waals surface area contributed by atoms with Gasteiger partial charge in [-0.1, -0.05) is 33.8 Å². The molecule has 196 valence electrons. The van der Waals surface area contributed by atoms with Crippen LogP contribution in [0.3, 0.4) is 0 Å². The molecule has 10 heteroatoms. The van der Waals surface area contributed by atoms with E-state index >= 15 is 0 Å². The lowest BCUT2D eigenvalue weighted by molar-refractivity contribution is -0.155. The molecule has 0 saturated heterocycles. The maximum Gasteiger partial charge on any atom is 0.508 e. The number of ether oxygens (including phenoxy) is 5. The molecule has 1 unspecified atom stereocenters. The van der Waals surface area contributed by atoms with Crippen LogP contribution in [0.1, 0.15) is 59.9 Å². The molecule has 0 aliphatic carbocycles. The smallest absolute Gasteiger partial charge is 0.458 e. The number of rotatable bonds is 12. The minimum absolute atomic E-state index is 0.0622. The van der Waals surface area contributed by atoms with Crippen molar-refractivity contribution >= 4 is 24.1 Å². The van der Waals surface area contributed by atoms with Crippen LogP contribution in [-0.2, 0) is 35.0 Å². The quantitative estimate of drug-likeness (QED) is 0.338. The van der Waals surface area contributed by atoms with E-state index in [0.717, 1.165) is 0 Å². The summed E-state index contributed by atoms with van der Waals surface area (Å²) in [5.74, 6) is -1.28. The number of hydrogen-bond acceptors (Lipinski definition) is 10. The van der Waals surface area contributed by atoms with Gasteiger partial charge in [0, 0.05) is 12.8 Å². The van der Waals surface area contributed by atoms with Gasteiger partial charge in [0.25, 0.3) is 0 Å². The minimum atomic E-state index is -1.05. The molecular formula is C25H37NO9. The molecule has 0 aliphatic rings. The molecule has 10 nitrogen and oxygen atoms in total. The third-order valence-electron chi connectivity index (χ3n) is 4.78. The van der Waals surface area contributed by atoms with Crippen LogP contribution in [0.4, 0.5) is 4.79 Å². The highest BCUT2D eigenvalue weighted by molar-refractivity contribution is 5.77. The minimum Gasteiger partial charge on any atom is -0.458 e. The van der Waals surface area contributed by atoms with Gasteiger partial charge in [-0.2, -0.15) is 0 Å². The van der Waals surface area contributed by atoms with Crippen molar-refractivity contribution in [2.75, 3.05) is 7.11 Å². The van der Waals surface area contributed by atoms with Gasteiger partial charge in [0.1, 0.15) is 18.2 Å². The van der Waals surface area contributed by atoms with E-state index in [1.54, 1.807) is 19.9 Å². The molecule has 0 aromatic heterocycles. The number of carbonyl (C=O) groups excluding carboxylic acids is 4. The van der Waals surface area contributed by atoms with Gasteiger partial charge in [0.15, 0.2) is 11.5 Å². The zero-order valence-electron chi connectivity index (χ0n) is 21.5. The molecule has 0 fully saturated rings. The molecule has 0 radical (unpaired) electrons. The second-order valence-electron chi connectivity index (χ2n) is 9.15. The fraction of sp³-hybridized carbons (Fsp3) is 0.600. The molecule has 35 heavy (non-hydrogen) atoms. The third kappa shape index (κ3) is 11.2. The van der Waals surface area contributed by atoms with E-state index in [2.05, 4.69) is 4.74 Å². The second-order valence-corrected chi connectivity index (χ2v) is 9.15. The molecule has 0 bridgehead atoms. The van der Waals surface area contributed by atoms with E-state index in [1.165, 1.54) is 19.2 Å². The fourth-order valence-corrected chi connectivity index (χ4v) is 2.84. The summed E-state index contributed by atoms with van der Waals surface area (Å²) in [5.41, 5.74) is 6.58. The van der Waals surface area contributed by atoms with Crippen molar-refractivity contribution < 1.29 is 42.9 Å². The van der Waals surface area contributed by atoms with Crippen molar-refractivity contribution in [2.24, 2.45) is 17.6 Å². The maximum atomic E-state index is 12.4. The zero-order chi connectivity index (χ0) is 26.7. The first-order valence-corrected chi connectivity index (χ1v) is 11.6. The number of carbonyl (C=O) groups is 4. The summed E-state index contributed by atoms with van der Waals surface area (Å²) in [6.07, 6.45) is -1.95. The number of esters is 3. The van der Waals surface area contributed by atoms with E-state index in [4.69, 9.17) is 24.7 Å². The summed E-state index contributed by atoms with van der Waals surface area (Å²) in [7, 11) is 1.17. The first kappa shape index (κ1) is 29.9. The van der Waals surface area contributed by atoms with Crippen molar-refractivity contribution in [1.29, 1.82) is 0 Å². The van der Waals surface area contributed by atoms with Gasteiger partial charge in [-0.25, -0.2) is 4.79 Å². The Morgan fingerprint density at radius 3 is 1.83 bits per heavy atom. The van der Waals surface area contributed by atoms with Gasteiger partial charge in [-0.05, 0) is 49.8 Å². The highest BCUT2D eigenvalue weighted by Gasteiger charge is 2.25. The maximum absolute atomic E-state index is 12.4. The van der Waals surface area contributed by atoms with Gasteiger partial charge in [-0.15, -0.1) is 0 Å². The molecule has 0 amide bonds. The molecule has 0 aliphatic heterocycles. The Kier molecular flexibility index (Phi) is 12.2. The average molecular weight is 496 g/mol. The van der Waals surface area contributed by atoms with Crippen LogP contribution in [0, 0.1) is 11.8 Å². The number of methoxy groups -OCH3 is 1. The van der Waals surface area contributed by atoms with Crippen LogP contribution >= 0.6 is 0 Å². The van der Waals surface area contributed by atoms with E-state index in [0.29, 0.717) is 5.56 Å². The van der Waals surface area contributed by atoms with Gasteiger partial charge in [0.2, 0.25) is 0 Å². The summed E-state index contributed by atoms with van der Waals surface area (Å²) >= 11 is 0. The molecule has 2 N–H and O–H groups in total. The molecule has 1 aromatic rings. The fourth-order valence-electron chi connectivity index (χ4n) is 2.84. The van der Waals surface area contributed by atoms with Crippen LogP contribution in [0.25, 0.3) is 0 Å².